The Labute approximate surface area is 159 Å². The quantitative estimate of drug-likeness (QED) is 0.319. The molecule has 0 saturated carbocycles. The van der Waals surface area contributed by atoms with E-state index in [4.69, 9.17) is 9.47 Å². The molecule has 6 heteroatoms. The van der Waals surface area contributed by atoms with Gasteiger partial charge in [0.25, 0.3) is 0 Å². The van der Waals surface area contributed by atoms with Crippen molar-refractivity contribution in [2.24, 2.45) is 4.99 Å². The zero-order valence-electron chi connectivity index (χ0n) is 16.8. The van der Waals surface area contributed by atoms with Crippen LogP contribution in [0.3, 0.4) is 0 Å². The van der Waals surface area contributed by atoms with Gasteiger partial charge in [0.15, 0.2) is 5.96 Å². The lowest BCUT2D eigenvalue weighted by atomic mass is 10.1. The second-order valence-electron chi connectivity index (χ2n) is 5.99. The first-order valence-corrected chi connectivity index (χ1v) is 9.56. The van der Waals surface area contributed by atoms with Crippen LogP contribution in [-0.2, 0) is 9.47 Å². The Morgan fingerprint density at radius 3 is 2.42 bits per heavy atom. The van der Waals surface area contributed by atoms with E-state index in [1.54, 1.807) is 14.2 Å². The van der Waals surface area contributed by atoms with E-state index in [1.165, 1.54) is 5.56 Å². The molecule has 0 fully saturated rings. The minimum Gasteiger partial charge on any atom is -0.382 e. The second kappa shape index (κ2) is 14.5. The Morgan fingerprint density at radius 2 is 1.81 bits per heavy atom. The highest BCUT2D eigenvalue weighted by Gasteiger charge is 2.17. The highest BCUT2D eigenvalue weighted by Crippen LogP contribution is 2.19. The van der Waals surface area contributed by atoms with Gasteiger partial charge >= 0.3 is 0 Å². The van der Waals surface area contributed by atoms with Crippen LogP contribution in [0.2, 0.25) is 0 Å². The molecule has 1 unspecified atom stereocenters. The first kappa shape index (κ1) is 22.4. The summed E-state index contributed by atoms with van der Waals surface area (Å²) in [7, 11) is 3.49. The standard InChI is InChI=1S/C20H36N4O2/c1-5-24(6-2)19(18-11-8-7-9-12-18)17-23-20(21-3)22-13-10-14-26-16-15-25-4/h7-9,11-12,19H,5-6,10,13-17H2,1-4H3,(H2,21,22,23). The van der Waals surface area contributed by atoms with Crippen molar-refractivity contribution in [3.63, 3.8) is 0 Å². The molecule has 26 heavy (non-hydrogen) atoms. The lowest BCUT2D eigenvalue weighted by Gasteiger charge is -2.30. The van der Waals surface area contributed by atoms with Crippen LogP contribution in [0, 0.1) is 0 Å². The van der Waals surface area contributed by atoms with E-state index in [0.717, 1.165) is 45.2 Å². The molecule has 0 saturated heterocycles. The van der Waals surface area contributed by atoms with Gasteiger partial charge in [0.05, 0.1) is 19.3 Å². The number of hydrogen-bond acceptors (Lipinski definition) is 4. The van der Waals surface area contributed by atoms with Crippen molar-refractivity contribution in [2.45, 2.75) is 26.3 Å². The summed E-state index contributed by atoms with van der Waals surface area (Å²) in [5.41, 5.74) is 1.32. The summed E-state index contributed by atoms with van der Waals surface area (Å²) < 4.78 is 10.4. The molecule has 0 aliphatic heterocycles. The first-order chi connectivity index (χ1) is 12.8. The van der Waals surface area contributed by atoms with Crippen molar-refractivity contribution in [1.29, 1.82) is 0 Å². The molecule has 1 rings (SSSR count). The second-order valence-corrected chi connectivity index (χ2v) is 5.99. The van der Waals surface area contributed by atoms with Crippen LogP contribution in [0.5, 0.6) is 0 Å². The average Bonchev–Trinajstić information content (AvgIpc) is 2.69. The van der Waals surface area contributed by atoms with Crippen LogP contribution < -0.4 is 10.6 Å². The van der Waals surface area contributed by atoms with Crippen molar-refractivity contribution in [1.82, 2.24) is 15.5 Å². The predicted octanol–water partition coefficient (Wildman–Crippen LogP) is 2.29. The Hall–Kier alpha value is -1.63. The summed E-state index contributed by atoms with van der Waals surface area (Å²) in [6.07, 6.45) is 0.933. The molecular weight excluding hydrogens is 328 g/mol. The topological polar surface area (TPSA) is 58.1 Å². The Bertz CT molecular complexity index is 478. The van der Waals surface area contributed by atoms with Gasteiger partial charge in [0.1, 0.15) is 0 Å². The van der Waals surface area contributed by atoms with Gasteiger partial charge in [-0.05, 0) is 25.1 Å². The molecule has 0 radical (unpaired) electrons. The fourth-order valence-corrected chi connectivity index (χ4v) is 2.84. The zero-order chi connectivity index (χ0) is 19.0. The number of likely N-dealkylation sites (N-methyl/N-ethyl adjacent to an activating group) is 1. The molecule has 1 aromatic carbocycles. The van der Waals surface area contributed by atoms with Crippen LogP contribution in [0.4, 0.5) is 0 Å². The van der Waals surface area contributed by atoms with Crippen molar-refractivity contribution >= 4 is 5.96 Å². The number of ether oxygens (including phenoxy) is 2. The van der Waals surface area contributed by atoms with Crippen LogP contribution in [0.25, 0.3) is 0 Å². The smallest absolute Gasteiger partial charge is 0.191 e. The lowest BCUT2D eigenvalue weighted by molar-refractivity contribution is 0.0698. The van der Waals surface area contributed by atoms with Gasteiger partial charge in [-0.1, -0.05) is 44.2 Å². The molecule has 0 bridgehead atoms. The van der Waals surface area contributed by atoms with Gasteiger partial charge in [-0.15, -0.1) is 0 Å². The van der Waals surface area contributed by atoms with E-state index in [1.807, 2.05) is 0 Å². The maximum absolute atomic E-state index is 5.47. The summed E-state index contributed by atoms with van der Waals surface area (Å²) in [6.45, 7) is 10.1. The highest BCUT2D eigenvalue weighted by molar-refractivity contribution is 5.79. The molecule has 0 amide bonds. The number of nitrogens with zero attached hydrogens (tertiary/aromatic N) is 2. The van der Waals surface area contributed by atoms with Crippen LogP contribution in [0.1, 0.15) is 31.9 Å². The zero-order valence-corrected chi connectivity index (χ0v) is 16.8. The summed E-state index contributed by atoms with van der Waals surface area (Å²) >= 11 is 0. The summed E-state index contributed by atoms with van der Waals surface area (Å²) in [4.78, 5) is 6.78. The van der Waals surface area contributed by atoms with Gasteiger partial charge in [0, 0.05) is 33.9 Å². The lowest BCUT2D eigenvalue weighted by Crippen LogP contribution is -2.43. The molecule has 0 aliphatic carbocycles. The van der Waals surface area contributed by atoms with Gasteiger partial charge < -0.3 is 20.1 Å². The van der Waals surface area contributed by atoms with Gasteiger partial charge in [-0.2, -0.15) is 0 Å². The van der Waals surface area contributed by atoms with Crippen molar-refractivity contribution in [3.05, 3.63) is 35.9 Å². The number of benzene rings is 1. The van der Waals surface area contributed by atoms with Gasteiger partial charge in [0.2, 0.25) is 0 Å². The Kier molecular flexibility index (Phi) is 12.5. The van der Waals surface area contributed by atoms with Crippen LogP contribution in [0.15, 0.2) is 35.3 Å². The van der Waals surface area contributed by atoms with E-state index in [9.17, 15) is 0 Å². The number of guanidine groups is 1. The molecule has 2 N–H and O–H groups in total. The van der Waals surface area contributed by atoms with E-state index in [-0.39, 0.29) is 0 Å². The maximum Gasteiger partial charge on any atom is 0.191 e. The molecule has 0 aromatic heterocycles. The first-order valence-electron chi connectivity index (χ1n) is 9.56. The van der Waals surface area contributed by atoms with E-state index in [2.05, 4.69) is 64.7 Å². The predicted molar refractivity (Wildman–Crippen MR) is 109 cm³/mol. The fourth-order valence-electron chi connectivity index (χ4n) is 2.84. The summed E-state index contributed by atoms with van der Waals surface area (Å²) in [5, 5.41) is 6.82. The molecular formula is C20H36N4O2. The van der Waals surface area contributed by atoms with E-state index in [0.29, 0.717) is 19.3 Å². The number of methoxy groups -OCH3 is 1. The third-order valence-corrected chi connectivity index (χ3v) is 4.31. The molecule has 0 heterocycles. The molecule has 1 aromatic rings. The molecule has 0 aliphatic rings. The number of nitrogens with one attached hydrogen (secondary N) is 2. The summed E-state index contributed by atoms with van der Waals surface area (Å²) in [6, 6.07) is 11.0. The average molecular weight is 365 g/mol. The number of hydrogen-bond donors (Lipinski definition) is 2. The third-order valence-electron chi connectivity index (χ3n) is 4.31. The van der Waals surface area contributed by atoms with Crippen LogP contribution in [-0.4, -0.2) is 71.0 Å². The van der Waals surface area contributed by atoms with Crippen molar-refractivity contribution in [2.75, 3.05) is 60.2 Å². The molecule has 6 nitrogen and oxygen atoms in total. The number of aliphatic imine (C=N–C) groups is 1. The minimum atomic E-state index is 0.321. The summed E-state index contributed by atoms with van der Waals surface area (Å²) in [5.74, 6) is 0.829. The normalized spacial score (nSPS) is 13.0. The fraction of sp³-hybridized carbons (Fsp3) is 0.650. The largest absolute Gasteiger partial charge is 0.382 e. The maximum atomic E-state index is 5.47. The monoisotopic (exact) mass is 364 g/mol. The van der Waals surface area contributed by atoms with Crippen molar-refractivity contribution < 1.29 is 9.47 Å². The molecule has 1 atom stereocenters. The number of rotatable bonds is 13. The van der Waals surface area contributed by atoms with E-state index >= 15 is 0 Å². The highest BCUT2D eigenvalue weighted by atomic mass is 16.5. The Morgan fingerprint density at radius 1 is 1.08 bits per heavy atom. The van der Waals surface area contributed by atoms with Gasteiger partial charge in [-0.3, -0.25) is 9.89 Å². The minimum absolute atomic E-state index is 0.321. The van der Waals surface area contributed by atoms with E-state index < -0.39 is 0 Å². The van der Waals surface area contributed by atoms with Crippen LogP contribution >= 0.6 is 0 Å². The molecule has 0 spiro atoms. The van der Waals surface area contributed by atoms with Gasteiger partial charge in [-0.25, -0.2) is 0 Å². The SMILES string of the molecule is CCN(CC)C(CNC(=NC)NCCCOCCOC)c1ccccc1. The third kappa shape index (κ3) is 8.65. The van der Waals surface area contributed by atoms with Crippen molar-refractivity contribution in [3.8, 4) is 0 Å². The molecule has 148 valence electrons. The Balaban J connectivity index is 2.45.